The molecule has 0 spiro atoms. The minimum absolute atomic E-state index is 0.148. The van der Waals surface area contributed by atoms with Crippen molar-refractivity contribution in [3.8, 4) is 0 Å². The third kappa shape index (κ3) is 6.63. The van der Waals surface area contributed by atoms with Crippen LogP contribution >= 0.6 is 0 Å². The van der Waals surface area contributed by atoms with Crippen molar-refractivity contribution in [2.45, 2.75) is 37.7 Å². The summed E-state index contributed by atoms with van der Waals surface area (Å²) in [5.41, 5.74) is 8.03. The molecule has 0 aliphatic heterocycles. The Morgan fingerprint density at radius 3 is 1.62 bits per heavy atom. The average Bonchev–Trinajstić information content (AvgIpc) is 3.68. The van der Waals surface area contributed by atoms with Gasteiger partial charge in [0.15, 0.2) is 0 Å². The Morgan fingerprint density at radius 2 is 1.23 bits per heavy atom. The second-order valence-electron chi connectivity index (χ2n) is 11.1. The first-order valence-electron chi connectivity index (χ1n) is 14.5. The number of benzene rings is 4. The largest absolute Gasteiger partial charge is 0.326 e. The van der Waals surface area contributed by atoms with Crippen LogP contribution in [-0.2, 0) is 5.16 Å². The summed E-state index contributed by atoms with van der Waals surface area (Å²) in [4.78, 5) is 4.34. The average molecular weight is 539 g/mol. The third-order valence-electron chi connectivity index (χ3n) is 7.79. The van der Waals surface area contributed by atoms with Crippen molar-refractivity contribution in [3.63, 3.8) is 0 Å². The summed E-state index contributed by atoms with van der Waals surface area (Å²) in [7, 11) is -0.647. The van der Waals surface area contributed by atoms with Crippen LogP contribution < -0.4 is 10.9 Å². The van der Waals surface area contributed by atoms with Crippen molar-refractivity contribution in [1.82, 2.24) is 9.55 Å². The fourth-order valence-electron chi connectivity index (χ4n) is 5.72. The highest BCUT2D eigenvalue weighted by Gasteiger charge is 2.36. The third-order valence-corrected chi connectivity index (χ3v) is 10.1. The van der Waals surface area contributed by atoms with Gasteiger partial charge >= 0.3 is 0 Å². The monoisotopic (exact) mass is 538 g/mol. The van der Waals surface area contributed by atoms with Gasteiger partial charge in [-0.25, -0.2) is 4.98 Å². The summed E-state index contributed by atoms with van der Waals surface area (Å²) in [5.74, 6) is 1.44. The summed E-state index contributed by atoms with van der Waals surface area (Å²) in [6.07, 6.45) is 11.0. The number of rotatable bonds is 9. The van der Waals surface area contributed by atoms with Gasteiger partial charge in [0.2, 0.25) is 6.71 Å². The zero-order valence-corrected chi connectivity index (χ0v) is 25.1. The van der Waals surface area contributed by atoms with E-state index in [2.05, 4.69) is 163 Å². The predicted octanol–water partition coefficient (Wildman–Crippen LogP) is 6.43. The van der Waals surface area contributed by atoms with E-state index in [-0.39, 0.29) is 5.16 Å². The maximum absolute atomic E-state index is 4.34. The molecule has 1 heterocycles. The van der Waals surface area contributed by atoms with E-state index < -0.39 is 9.52 Å². The van der Waals surface area contributed by atoms with Crippen LogP contribution in [0.15, 0.2) is 152 Å². The van der Waals surface area contributed by atoms with Gasteiger partial charge in [-0.1, -0.05) is 171 Å². The van der Waals surface area contributed by atoms with Crippen LogP contribution in [0.5, 0.6) is 0 Å². The highest BCUT2D eigenvalue weighted by Crippen LogP contribution is 2.38. The van der Waals surface area contributed by atoms with Crippen LogP contribution in [0.25, 0.3) is 0 Å². The van der Waals surface area contributed by atoms with E-state index in [0.29, 0.717) is 12.6 Å². The Labute approximate surface area is 242 Å². The quantitative estimate of drug-likeness (QED) is 0.198. The first-order valence-corrected chi connectivity index (χ1v) is 16.1. The zero-order chi connectivity index (χ0) is 27.6. The maximum atomic E-state index is 4.34. The lowest BCUT2D eigenvalue weighted by Crippen LogP contribution is -2.42. The van der Waals surface area contributed by atoms with Gasteiger partial charge in [0, 0.05) is 12.4 Å². The lowest BCUT2D eigenvalue weighted by atomic mass is 9.37. The van der Waals surface area contributed by atoms with Crippen molar-refractivity contribution in [2.75, 3.05) is 0 Å². The summed E-state index contributed by atoms with van der Waals surface area (Å²) >= 11 is 0. The summed E-state index contributed by atoms with van der Waals surface area (Å²) < 4.78 is 2.29. The molecule has 1 aliphatic rings. The molecule has 0 saturated heterocycles. The number of hydrogen-bond donors (Lipinski definition) is 0. The van der Waals surface area contributed by atoms with Crippen LogP contribution in [0.1, 0.15) is 37.8 Å². The van der Waals surface area contributed by atoms with Crippen molar-refractivity contribution >= 4 is 27.2 Å². The smallest absolute Gasteiger partial charge is 0.212 e. The number of aromatic nitrogens is 2. The molecule has 0 amide bonds. The Hall–Kier alpha value is -3.89. The number of nitrogens with zero attached hydrogens (tertiary/aromatic N) is 2. The molecule has 0 unspecified atom stereocenters. The lowest BCUT2D eigenvalue weighted by Gasteiger charge is -2.36. The fraction of sp³-hybridized carbons (Fsp3) is 0.194. The van der Waals surface area contributed by atoms with Crippen LogP contribution in [-0.4, -0.2) is 25.8 Å². The summed E-state index contributed by atoms with van der Waals surface area (Å²) in [5, 5.41) is -0.148. The molecule has 4 heteroatoms. The van der Waals surface area contributed by atoms with E-state index in [0.717, 1.165) is 5.82 Å². The Balaban J connectivity index is 0.000000174. The fourth-order valence-corrected chi connectivity index (χ4v) is 8.08. The van der Waals surface area contributed by atoms with Crippen LogP contribution in [0, 0.1) is 5.92 Å². The van der Waals surface area contributed by atoms with Gasteiger partial charge in [-0.05, 0) is 17.0 Å². The predicted molar refractivity (Wildman–Crippen MR) is 175 cm³/mol. The van der Waals surface area contributed by atoms with Crippen LogP contribution in [0.3, 0.4) is 0 Å². The molecule has 0 bridgehead atoms. The lowest BCUT2D eigenvalue weighted by molar-refractivity contribution is 0.596. The van der Waals surface area contributed by atoms with Crippen molar-refractivity contribution < 1.29 is 0 Å². The van der Waals surface area contributed by atoms with E-state index in [4.69, 9.17) is 0 Å². The molecule has 1 fully saturated rings. The molecule has 0 N–H and O–H groups in total. The zero-order valence-electron chi connectivity index (χ0n) is 23.7. The minimum Gasteiger partial charge on any atom is -0.326 e. The van der Waals surface area contributed by atoms with E-state index in [9.17, 15) is 0 Å². The van der Waals surface area contributed by atoms with Crippen LogP contribution in [0.4, 0.5) is 0 Å². The molecule has 6 rings (SSSR count). The number of imidazole rings is 1. The van der Waals surface area contributed by atoms with Gasteiger partial charge in [0.05, 0.1) is 21.0 Å². The van der Waals surface area contributed by atoms with Crippen molar-refractivity contribution in [1.29, 1.82) is 0 Å². The van der Waals surface area contributed by atoms with Gasteiger partial charge in [0.25, 0.3) is 0 Å². The van der Waals surface area contributed by atoms with E-state index in [1.165, 1.54) is 34.9 Å². The maximum Gasteiger partial charge on any atom is 0.212 e. The van der Waals surface area contributed by atoms with E-state index >= 15 is 0 Å². The first kappa shape index (κ1) is 27.7. The molecule has 1 aromatic heterocycles. The Kier molecular flexibility index (Phi) is 9.31. The molecule has 40 heavy (non-hydrogen) atoms. The molecular formula is C36H39BN2Si. The molecule has 0 atom stereocenters. The molecule has 5 aromatic rings. The normalized spacial score (nSPS) is 13.5. The summed E-state index contributed by atoms with van der Waals surface area (Å²) in [6, 6.07) is 43.5. The molecule has 2 nitrogen and oxygen atoms in total. The molecular weight excluding hydrogens is 499 g/mol. The van der Waals surface area contributed by atoms with E-state index in [1.807, 2.05) is 12.5 Å². The molecule has 1 aliphatic carbocycles. The van der Waals surface area contributed by atoms with Crippen molar-refractivity contribution in [3.05, 3.63) is 163 Å². The topological polar surface area (TPSA) is 17.8 Å². The van der Waals surface area contributed by atoms with Crippen LogP contribution in [0.2, 0.25) is 5.82 Å². The second-order valence-corrected chi connectivity index (χ2v) is 13.0. The molecule has 0 radical (unpaired) electrons. The number of allylic oxidation sites excluding steroid dienone is 1. The van der Waals surface area contributed by atoms with Gasteiger partial charge in [0.1, 0.15) is 0 Å². The molecule has 1 saturated carbocycles. The summed E-state index contributed by atoms with van der Waals surface area (Å²) in [6.45, 7) is 5.08. The SMILES string of the molecule is CC(C)C=C[SiH2]C(c1ccccc1)(c1ccccc1)n1ccnc1.c1ccc(B(c2ccccc2)C2CC2)cc1. The van der Waals surface area contributed by atoms with E-state index in [1.54, 1.807) is 0 Å². The minimum atomic E-state index is -0.647. The molecule has 200 valence electrons. The van der Waals surface area contributed by atoms with Crippen molar-refractivity contribution in [2.24, 2.45) is 5.92 Å². The van der Waals surface area contributed by atoms with Gasteiger partial charge in [-0.15, -0.1) is 5.70 Å². The van der Waals surface area contributed by atoms with Gasteiger partial charge in [-0.2, -0.15) is 0 Å². The van der Waals surface area contributed by atoms with Gasteiger partial charge in [-0.3, -0.25) is 0 Å². The van der Waals surface area contributed by atoms with Gasteiger partial charge < -0.3 is 4.57 Å². The Bertz CT molecular complexity index is 1350. The second kappa shape index (κ2) is 13.5. The standard InChI is InChI=1S/C21H24N2Si.C15H15B/c1-18(2)13-16-24-21(23-15-14-22-17-23,19-9-5-3-6-10-19)20-11-7-4-8-12-20;1-3-7-13(8-4-1)16(15-11-12-15)14-9-5-2-6-10-14/h3-18H,24H2,1-2H3;1-10,15H,11-12H2. The first-order chi connectivity index (χ1) is 19.7. The Morgan fingerprint density at radius 1 is 0.750 bits per heavy atom. The highest BCUT2D eigenvalue weighted by molar-refractivity contribution is 6.86. The molecule has 4 aromatic carbocycles. The highest BCUT2D eigenvalue weighted by atomic mass is 28.2. The number of hydrogen-bond acceptors (Lipinski definition) is 1.